The van der Waals surface area contributed by atoms with Crippen molar-refractivity contribution in [1.29, 1.82) is 0 Å². The van der Waals surface area contributed by atoms with Crippen LogP contribution < -0.4 is 10.1 Å². The van der Waals surface area contributed by atoms with Crippen molar-refractivity contribution in [2.45, 2.75) is 25.6 Å². The van der Waals surface area contributed by atoms with E-state index in [0.717, 1.165) is 22.8 Å². The first-order valence-corrected chi connectivity index (χ1v) is 10.7. The lowest BCUT2D eigenvalue weighted by atomic mass is 9.92. The Labute approximate surface area is 196 Å². The molecule has 1 aliphatic heterocycles. The van der Waals surface area contributed by atoms with E-state index in [-0.39, 0.29) is 35.3 Å². The van der Waals surface area contributed by atoms with Crippen molar-refractivity contribution >= 4 is 23.4 Å². The van der Waals surface area contributed by atoms with E-state index in [1.54, 1.807) is 7.11 Å². The van der Waals surface area contributed by atoms with Gasteiger partial charge in [-0.25, -0.2) is 0 Å². The Hall–Kier alpha value is -3.71. The van der Waals surface area contributed by atoms with E-state index in [9.17, 15) is 19.8 Å². The topological polar surface area (TPSA) is 99.1 Å². The molecule has 0 saturated carbocycles. The Morgan fingerprint density at radius 1 is 1.06 bits per heavy atom. The molecule has 0 radical (unpaired) electrons. The van der Waals surface area contributed by atoms with E-state index in [1.165, 1.54) is 11.0 Å². The van der Waals surface area contributed by atoms with Gasteiger partial charge in [0, 0.05) is 25.6 Å². The molecule has 1 aliphatic rings. The van der Waals surface area contributed by atoms with Crippen molar-refractivity contribution in [3.63, 3.8) is 0 Å². The third-order valence-corrected chi connectivity index (χ3v) is 6.01. The highest BCUT2D eigenvalue weighted by Crippen LogP contribution is 2.33. The van der Waals surface area contributed by atoms with Crippen LogP contribution in [-0.4, -0.2) is 40.1 Å². The number of halogens is 1. The van der Waals surface area contributed by atoms with Crippen LogP contribution in [0.25, 0.3) is 0 Å². The van der Waals surface area contributed by atoms with Crippen LogP contribution in [0.3, 0.4) is 0 Å². The fourth-order valence-corrected chi connectivity index (χ4v) is 4.10. The lowest BCUT2D eigenvalue weighted by Crippen LogP contribution is -2.52. The van der Waals surface area contributed by atoms with Crippen LogP contribution in [0, 0.1) is 0 Å². The number of aromatic hydroxyl groups is 2. The van der Waals surface area contributed by atoms with Crippen LogP contribution in [0.5, 0.6) is 17.2 Å². The van der Waals surface area contributed by atoms with Gasteiger partial charge in [-0.1, -0.05) is 48.0 Å². The molecular weight excluding hydrogens is 444 g/mol. The molecular formula is C25H23ClN2O5. The lowest BCUT2D eigenvalue weighted by Gasteiger charge is -2.36. The van der Waals surface area contributed by atoms with Crippen molar-refractivity contribution < 1.29 is 24.5 Å². The minimum absolute atomic E-state index is 0.0624. The maximum Gasteiger partial charge on any atom is 0.258 e. The average Bonchev–Trinajstić information content (AvgIpc) is 2.83. The molecule has 2 amide bonds. The first-order valence-electron chi connectivity index (χ1n) is 10.4. The molecule has 0 unspecified atom stereocenters. The second-order valence-electron chi connectivity index (χ2n) is 7.81. The quantitative estimate of drug-likeness (QED) is 0.533. The Morgan fingerprint density at radius 3 is 2.58 bits per heavy atom. The fourth-order valence-electron chi connectivity index (χ4n) is 3.94. The Bertz CT molecular complexity index is 1210. The Balaban J connectivity index is 1.61. The Kier molecular flexibility index (Phi) is 6.42. The number of ether oxygens (including phenoxy) is 1. The zero-order valence-electron chi connectivity index (χ0n) is 17.9. The van der Waals surface area contributed by atoms with E-state index >= 15 is 0 Å². The Morgan fingerprint density at radius 2 is 1.82 bits per heavy atom. The van der Waals surface area contributed by atoms with Gasteiger partial charge >= 0.3 is 0 Å². The van der Waals surface area contributed by atoms with Crippen LogP contribution >= 0.6 is 11.6 Å². The van der Waals surface area contributed by atoms with Crippen molar-refractivity contribution in [2.75, 3.05) is 7.11 Å². The summed E-state index contributed by atoms with van der Waals surface area (Å²) in [5.41, 5.74) is 2.69. The third-order valence-electron chi connectivity index (χ3n) is 5.71. The highest BCUT2D eigenvalue weighted by molar-refractivity contribution is 6.32. The third kappa shape index (κ3) is 4.73. The number of nitrogens with zero attached hydrogens (tertiary/aromatic N) is 1. The summed E-state index contributed by atoms with van der Waals surface area (Å²) in [7, 11) is 1.58. The smallest absolute Gasteiger partial charge is 0.258 e. The maximum atomic E-state index is 13.4. The van der Waals surface area contributed by atoms with Gasteiger partial charge in [-0.15, -0.1) is 0 Å². The van der Waals surface area contributed by atoms with Gasteiger partial charge in [0.2, 0.25) is 5.91 Å². The number of rotatable bonds is 5. The number of carbonyl (C=O) groups excluding carboxylic acids is 2. The molecule has 0 spiro atoms. The molecule has 1 atom stereocenters. The number of amides is 2. The number of fused-ring (bicyclic) bond motifs is 1. The molecule has 1 heterocycles. The van der Waals surface area contributed by atoms with Crippen LogP contribution in [-0.2, 0) is 24.3 Å². The van der Waals surface area contributed by atoms with Crippen LogP contribution in [0.2, 0.25) is 5.02 Å². The predicted molar refractivity (Wildman–Crippen MR) is 123 cm³/mol. The van der Waals surface area contributed by atoms with Crippen molar-refractivity contribution in [3.05, 3.63) is 87.9 Å². The molecule has 0 fully saturated rings. The number of phenols is 2. The minimum Gasteiger partial charge on any atom is -0.507 e. The zero-order valence-corrected chi connectivity index (χ0v) is 18.7. The number of hydrogen-bond donors (Lipinski definition) is 3. The number of hydrogen-bond acceptors (Lipinski definition) is 5. The van der Waals surface area contributed by atoms with Crippen LogP contribution in [0.15, 0.2) is 60.7 Å². The second kappa shape index (κ2) is 9.42. The summed E-state index contributed by atoms with van der Waals surface area (Å²) in [6.45, 7) is 0.469. The van der Waals surface area contributed by atoms with Crippen molar-refractivity contribution in [2.24, 2.45) is 0 Å². The molecule has 0 saturated heterocycles. The first-order chi connectivity index (χ1) is 15.9. The number of benzene rings is 3. The number of carbonyl (C=O) groups is 2. The van der Waals surface area contributed by atoms with E-state index in [4.69, 9.17) is 16.3 Å². The van der Waals surface area contributed by atoms with Gasteiger partial charge in [0.05, 0.1) is 17.7 Å². The normalized spacial score (nSPS) is 15.0. The maximum absolute atomic E-state index is 13.4. The molecule has 7 nitrogen and oxygen atoms in total. The number of methoxy groups -OCH3 is 1. The van der Waals surface area contributed by atoms with Crippen molar-refractivity contribution in [3.8, 4) is 17.2 Å². The van der Waals surface area contributed by atoms with E-state index in [1.807, 2.05) is 48.5 Å². The summed E-state index contributed by atoms with van der Waals surface area (Å²) in [6, 6.07) is 16.4. The first kappa shape index (κ1) is 22.5. The molecule has 33 heavy (non-hydrogen) atoms. The van der Waals surface area contributed by atoms with Gasteiger partial charge in [0.1, 0.15) is 23.3 Å². The molecule has 4 rings (SSSR count). The monoisotopic (exact) mass is 466 g/mol. The van der Waals surface area contributed by atoms with Crippen LogP contribution in [0.4, 0.5) is 0 Å². The highest BCUT2D eigenvalue weighted by Gasteiger charge is 2.36. The number of phenolic OH excluding ortho intramolecular Hbond substituents is 2. The van der Waals surface area contributed by atoms with Crippen molar-refractivity contribution in [1.82, 2.24) is 10.2 Å². The summed E-state index contributed by atoms with van der Waals surface area (Å²) < 4.78 is 5.23. The second-order valence-corrected chi connectivity index (χ2v) is 8.22. The predicted octanol–water partition coefficient (Wildman–Crippen LogP) is 3.64. The van der Waals surface area contributed by atoms with Gasteiger partial charge in [-0.3, -0.25) is 9.59 Å². The molecule has 8 heteroatoms. The summed E-state index contributed by atoms with van der Waals surface area (Å²) in [5, 5.41) is 22.8. The van der Waals surface area contributed by atoms with Gasteiger partial charge in [-0.2, -0.15) is 0 Å². The van der Waals surface area contributed by atoms with E-state index in [0.29, 0.717) is 12.2 Å². The fraction of sp³-hybridized carbons (Fsp3) is 0.200. The van der Waals surface area contributed by atoms with Gasteiger partial charge < -0.3 is 25.2 Å². The van der Waals surface area contributed by atoms with Crippen LogP contribution in [0.1, 0.15) is 27.0 Å². The molecule has 3 aromatic rings. The summed E-state index contributed by atoms with van der Waals surface area (Å²) in [6.07, 6.45) is 0.332. The van der Waals surface area contributed by atoms with Gasteiger partial charge in [0.15, 0.2) is 0 Å². The SMILES string of the molecule is COc1cccc(CNC(=O)[C@H]2Cc3ccccc3CN2C(=O)c2cc(Cl)c(O)cc2O)c1. The summed E-state index contributed by atoms with van der Waals surface area (Å²) >= 11 is 5.97. The summed E-state index contributed by atoms with van der Waals surface area (Å²) in [5.74, 6) is -0.918. The average molecular weight is 467 g/mol. The van der Waals surface area contributed by atoms with E-state index < -0.39 is 17.7 Å². The molecule has 0 bridgehead atoms. The minimum atomic E-state index is -0.787. The zero-order chi connectivity index (χ0) is 23.5. The van der Waals surface area contributed by atoms with E-state index in [2.05, 4.69) is 5.32 Å². The standard InChI is InChI=1S/C25H23ClN2O5/c1-33-18-8-4-5-15(9-18)13-27-24(31)21-10-16-6-2-3-7-17(16)14-28(21)25(32)19-11-20(26)23(30)12-22(19)29/h2-9,11-12,21,29-30H,10,13-14H2,1H3,(H,27,31)/t21-/m1/s1. The summed E-state index contributed by atoms with van der Waals surface area (Å²) in [4.78, 5) is 28.0. The molecule has 3 aromatic carbocycles. The van der Waals surface area contributed by atoms with Gasteiger partial charge in [0.25, 0.3) is 5.91 Å². The molecule has 170 valence electrons. The molecule has 0 aromatic heterocycles. The molecule has 0 aliphatic carbocycles. The molecule has 3 N–H and O–H groups in total. The largest absolute Gasteiger partial charge is 0.507 e. The number of nitrogens with one attached hydrogen (secondary N) is 1. The van der Waals surface area contributed by atoms with Gasteiger partial charge in [-0.05, 0) is 34.9 Å². The highest BCUT2D eigenvalue weighted by atomic mass is 35.5. The lowest BCUT2D eigenvalue weighted by molar-refractivity contribution is -0.126.